The number of hydrogen-bond acceptors (Lipinski definition) is 10. The largest absolute Gasteiger partial charge is 0.460 e. The molecule has 0 aliphatic carbocycles. The van der Waals surface area contributed by atoms with Gasteiger partial charge in [-0.15, -0.1) is 0 Å². The van der Waals surface area contributed by atoms with Crippen LogP contribution in [-0.4, -0.2) is 90.6 Å². The van der Waals surface area contributed by atoms with Crippen molar-refractivity contribution in [3.8, 4) is 0 Å². The van der Waals surface area contributed by atoms with Crippen molar-refractivity contribution < 1.29 is 47.5 Å². The van der Waals surface area contributed by atoms with Crippen molar-refractivity contribution in [3.05, 3.63) is 38.0 Å². The molecule has 0 aliphatic rings. The fraction of sp³-hybridized carbons (Fsp3) is 0.609. The minimum absolute atomic E-state index is 0.105. The van der Waals surface area contributed by atoms with Gasteiger partial charge in [0.25, 0.3) is 0 Å². The standard InChI is InChI=1S/C23H36O10/c1-5-20(24)31-14-11-27-9-10-28-17-23(8-4,18-29-12-15-32-21(25)6-2)19-30-13-16-33-22(26)7-3/h5-7H,1-3,8-19H2,4H3. The maximum atomic E-state index is 11.1. The van der Waals surface area contributed by atoms with E-state index < -0.39 is 23.3 Å². The average molecular weight is 473 g/mol. The zero-order valence-electron chi connectivity index (χ0n) is 19.4. The minimum atomic E-state index is -0.514. The van der Waals surface area contributed by atoms with Crippen LogP contribution in [0.25, 0.3) is 0 Å². The monoisotopic (exact) mass is 472 g/mol. The highest BCUT2D eigenvalue weighted by Gasteiger charge is 2.30. The summed E-state index contributed by atoms with van der Waals surface area (Å²) in [5.74, 6) is -1.53. The molecule has 10 nitrogen and oxygen atoms in total. The van der Waals surface area contributed by atoms with Crippen LogP contribution in [-0.2, 0) is 47.5 Å². The molecule has 0 spiro atoms. The summed E-state index contributed by atoms with van der Waals surface area (Å²) in [6, 6.07) is 0. The van der Waals surface area contributed by atoms with Crippen molar-refractivity contribution in [2.75, 3.05) is 72.7 Å². The van der Waals surface area contributed by atoms with Gasteiger partial charge in [-0.1, -0.05) is 26.7 Å². The molecule has 0 fully saturated rings. The van der Waals surface area contributed by atoms with Crippen molar-refractivity contribution in [2.24, 2.45) is 5.41 Å². The van der Waals surface area contributed by atoms with Gasteiger partial charge < -0.3 is 33.2 Å². The lowest BCUT2D eigenvalue weighted by molar-refractivity contribution is -0.142. The number of esters is 3. The minimum Gasteiger partial charge on any atom is -0.460 e. The van der Waals surface area contributed by atoms with Gasteiger partial charge in [0.2, 0.25) is 0 Å². The second kappa shape index (κ2) is 20.1. The smallest absolute Gasteiger partial charge is 0.330 e. The van der Waals surface area contributed by atoms with Crippen LogP contribution in [0.2, 0.25) is 0 Å². The molecule has 0 saturated heterocycles. The maximum absolute atomic E-state index is 11.1. The van der Waals surface area contributed by atoms with Crippen molar-refractivity contribution in [1.82, 2.24) is 0 Å². The first-order valence-electron chi connectivity index (χ1n) is 10.6. The van der Waals surface area contributed by atoms with Crippen LogP contribution in [0.15, 0.2) is 38.0 Å². The molecule has 0 rings (SSSR count). The Labute approximate surface area is 195 Å². The normalized spacial score (nSPS) is 10.8. The molecule has 0 bridgehead atoms. The summed E-state index contributed by atoms with van der Waals surface area (Å²) < 4.78 is 37.1. The molecule has 0 aromatic heterocycles. The number of carbonyl (C=O) groups is 3. The number of ether oxygens (including phenoxy) is 7. The Kier molecular flexibility index (Phi) is 18.6. The molecule has 0 aliphatic heterocycles. The molecular weight excluding hydrogens is 436 g/mol. The Bertz CT molecular complexity index is 572. The zero-order valence-corrected chi connectivity index (χ0v) is 19.4. The van der Waals surface area contributed by atoms with Gasteiger partial charge in [-0.2, -0.15) is 0 Å². The van der Waals surface area contributed by atoms with E-state index in [1.165, 1.54) is 0 Å². The molecule has 0 saturated carbocycles. The van der Waals surface area contributed by atoms with E-state index in [0.717, 1.165) is 18.2 Å². The Morgan fingerprint density at radius 2 is 0.879 bits per heavy atom. The molecule has 0 amide bonds. The number of rotatable bonds is 22. The molecule has 188 valence electrons. The SMILES string of the molecule is C=CC(=O)OCCOCCOCC(CC)(COCCOC(=O)C=C)COCCOC(=O)C=C. The first-order valence-corrected chi connectivity index (χ1v) is 10.6. The van der Waals surface area contributed by atoms with Gasteiger partial charge in [0.1, 0.15) is 19.8 Å². The molecule has 0 N–H and O–H groups in total. The fourth-order valence-electron chi connectivity index (χ4n) is 2.30. The van der Waals surface area contributed by atoms with Gasteiger partial charge in [0.15, 0.2) is 0 Å². The molecule has 33 heavy (non-hydrogen) atoms. The van der Waals surface area contributed by atoms with Gasteiger partial charge in [-0.05, 0) is 6.42 Å². The summed E-state index contributed by atoms with van der Waals surface area (Å²) in [4.78, 5) is 33.1. The van der Waals surface area contributed by atoms with E-state index in [4.69, 9.17) is 33.2 Å². The summed E-state index contributed by atoms with van der Waals surface area (Å²) in [7, 11) is 0. The Morgan fingerprint density at radius 3 is 1.21 bits per heavy atom. The average Bonchev–Trinajstić information content (AvgIpc) is 2.83. The van der Waals surface area contributed by atoms with Gasteiger partial charge in [-0.3, -0.25) is 0 Å². The van der Waals surface area contributed by atoms with Gasteiger partial charge in [0, 0.05) is 23.6 Å². The number of carbonyl (C=O) groups excluding carboxylic acids is 3. The van der Waals surface area contributed by atoms with E-state index in [0.29, 0.717) is 39.5 Å². The first-order chi connectivity index (χ1) is 15.9. The van der Waals surface area contributed by atoms with E-state index in [2.05, 4.69) is 19.7 Å². The van der Waals surface area contributed by atoms with E-state index in [1.807, 2.05) is 6.92 Å². The van der Waals surface area contributed by atoms with Crippen LogP contribution in [0.1, 0.15) is 13.3 Å². The lowest BCUT2D eigenvalue weighted by Crippen LogP contribution is -2.38. The van der Waals surface area contributed by atoms with E-state index in [1.54, 1.807) is 0 Å². The summed E-state index contributed by atoms with van der Waals surface area (Å²) >= 11 is 0. The number of hydrogen-bond donors (Lipinski definition) is 0. The van der Waals surface area contributed by atoms with Crippen molar-refractivity contribution >= 4 is 17.9 Å². The van der Waals surface area contributed by atoms with Crippen molar-refractivity contribution in [1.29, 1.82) is 0 Å². The van der Waals surface area contributed by atoms with Crippen LogP contribution < -0.4 is 0 Å². The molecule has 0 radical (unpaired) electrons. The molecule has 0 unspecified atom stereocenters. The quantitative estimate of drug-likeness (QED) is 0.0996. The summed E-state index contributed by atoms with van der Waals surface area (Å²) in [5, 5.41) is 0. The Hall–Kier alpha value is -2.53. The lowest BCUT2D eigenvalue weighted by atomic mass is 9.88. The van der Waals surface area contributed by atoms with Gasteiger partial charge >= 0.3 is 17.9 Å². The molecule has 0 aromatic rings. The van der Waals surface area contributed by atoms with Crippen LogP contribution in [0.3, 0.4) is 0 Å². The van der Waals surface area contributed by atoms with E-state index >= 15 is 0 Å². The third-order valence-corrected chi connectivity index (χ3v) is 4.26. The predicted octanol–water partition coefficient (Wildman–Crippen LogP) is 1.64. The van der Waals surface area contributed by atoms with Gasteiger partial charge in [0.05, 0.1) is 52.9 Å². The fourth-order valence-corrected chi connectivity index (χ4v) is 2.30. The molecule has 0 heterocycles. The second-order valence-corrected chi connectivity index (χ2v) is 6.74. The highest BCUT2D eigenvalue weighted by Crippen LogP contribution is 2.24. The van der Waals surface area contributed by atoms with Gasteiger partial charge in [-0.25, -0.2) is 14.4 Å². The first kappa shape index (κ1) is 30.5. The second-order valence-electron chi connectivity index (χ2n) is 6.74. The van der Waals surface area contributed by atoms with Crippen molar-refractivity contribution in [2.45, 2.75) is 13.3 Å². The van der Waals surface area contributed by atoms with Crippen LogP contribution in [0.5, 0.6) is 0 Å². The third-order valence-electron chi connectivity index (χ3n) is 4.26. The van der Waals surface area contributed by atoms with Crippen molar-refractivity contribution in [3.63, 3.8) is 0 Å². The zero-order chi connectivity index (χ0) is 24.8. The lowest BCUT2D eigenvalue weighted by Gasteiger charge is -2.32. The summed E-state index contributed by atoms with van der Waals surface area (Å²) in [5.41, 5.74) is -0.468. The van der Waals surface area contributed by atoms with E-state index in [-0.39, 0.29) is 39.6 Å². The molecular formula is C23H36O10. The maximum Gasteiger partial charge on any atom is 0.330 e. The summed E-state index contributed by atoms with van der Waals surface area (Å²) in [6.07, 6.45) is 3.94. The van der Waals surface area contributed by atoms with Crippen LogP contribution in [0, 0.1) is 5.41 Å². The van der Waals surface area contributed by atoms with Crippen LogP contribution >= 0.6 is 0 Å². The Morgan fingerprint density at radius 1 is 0.576 bits per heavy atom. The summed E-state index contributed by atoms with van der Waals surface area (Å²) in [6.45, 7) is 14.6. The van der Waals surface area contributed by atoms with E-state index in [9.17, 15) is 14.4 Å². The molecule has 0 atom stereocenters. The third kappa shape index (κ3) is 16.7. The van der Waals surface area contributed by atoms with Crippen LogP contribution in [0.4, 0.5) is 0 Å². The highest BCUT2D eigenvalue weighted by molar-refractivity contribution is 5.81. The molecule has 10 heteroatoms. The Balaban J connectivity index is 4.42. The predicted molar refractivity (Wildman–Crippen MR) is 119 cm³/mol. The molecule has 0 aromatic carbocycles. The highest BCUT2D eigenvalue weighted by atomic mass is 16.6. The topological polar surface area (TPSA) is 116 Å².